The lowest BCUT2D eigenvalue weighted by Gasteiger charge is -2.24. The maximum Gasteiger partial charge on any atom is 0.171 e. The monoisotopic (exact) mass is 501 g/mol. The van der Waals surface area contributed by atoms with Gasteiger partial charge in [0.05, 0.1) is 10.3 Å². The van der Waals surface area contributed by atoms with Crippen molar-refractivity contribution in [1.82, 2.24) is 4.98 Å². The fourth-order valence-corrected chi connectivity index (χ4v) is 4.36. The number of aromatic nitrogens is 1. The molecule has 2 aromatic carbocycles. The van der Waals surface area contributed by atoms with Crippen LogP contribution in [0.15, 0.2) is 71.9 Å². The Balaban J connectivity index is 2.27. The molecule has 0 fully saturated rings. The van der Waals surface area contributed by atoms with Gasteiger partial charge in [-0.1, -0.05) is 24.3 Å². The summed E-state index contributed by atoms with van der Waals surface area (Å²) in [7, 11) is -6.80. The van der Waals surface area contributed by atoms with Crippen LogP contribution in [0.1, 0.15) is 31.9 Å². The number of allylic oxidation sites excluding steroid dienone is 3. The van der Waals surface area contributed by atoms with Crippen LogP contribution < -0.4 is 5.48 Å². The second-order valence-electron chi connectivity index (χ2n) is 8.76. The van der Waals surface area contributed by atoms with Crippen molar-refractivity contribution in [1.29, 1.82) is 0 Å². The van der Waals surface area contributed by atoms with Gasteiger partial charge in [0.15, 0.2) is 19.7 Å². The summed E-state index contributed by atoms with van der Waals surface area (Å²) < 4.78 is 47.8. The third kappa shape index (κ3) is 5.28. The van der Waals surface area contributed by atoms with Crippen LogP contribution in [0.3, 0.4) is 0 Å². The summed E-state index contributed by atoms with van der Waals surface area (Å²) in [6.07, 6.45) is 6.96. The quantitative estimate of drug-likeness (QED) is 0.378. The van der Waals surface area contributed by atoms with Crippen molar-refractivity contribution in [2.24, 2.45) is 0 Å². The molecule has 7 nitrogen and oxygen atoms in total. The Morgan fingerprint density at radius 2 is 1.74 bits per heavy atom. The third-order valence-corrected chi connectivity index (χ3v) is 9.41. The Labute approximate surface area is 200 Å². The van der Waals surface area contributed by atoms with Crippen molar-refractivity contribution in [2.75, 3.05) is 12.5 Å². The zero-order valence-electron chi connectivity index (χ0n) is 19.8. The lowest BCUT2D eigenvalue weighted by molar-refractivity contribution is -0.837. The lowest BCUT2D eigenvalue weighted by Crippen LogP contribution is -2.73. The summed E-state index contributed by atoms with van der Waals surface area (Å²) in [5.74, 6) is 0. The van der Waals surface area contributed by atoms with E-state index in [1.54, 1.807) is 26.1 Å². The first-order valence-electron chi connectivity index (χ1n) is 10.5. The summed E-state index contributed by atoms with van der Waals surface area (Å²) in [6.45, 7) is 4.85. The van der Waals surface area contributed by atoms with Gasteiger partial charge in [0.1, 0.15) is 6.20 Å². The van der Waals surface area contributed by atoms with E-state index in [1.165, 1.54) is 25.5 Å². The van der Waals surface area contributed by atoms with Crippen molar-refractivity contribution in [2.45, 2.75) is 25.5 Å². The van der Waals surface area contributed by atoms with Crippen molar-refractivity contribution >= 4 is 36.2 Å². The van der Waals surface area contributed by atoms with Gasteiger partial charge in [0, 0.05) is 40.1 Å². The van der Waals surface area contributed by atoms with E-state index in [9.17, 15) is 22.0 Å². The van der Waals surface area contributed by atoms with E-state index in [2.05, 4.69) is 4.98 Å². The first-order valence-corrected chi connectivity index (χ1v) is 14.3. The molecular formula is C25H29N2O5S2+. The second-order valence-corrected chi connectivity index (χ2v) is 13.5. The lowest BCUT2D eigenvalue weighted by atomic mass is 9.92. The number of fused-ring (bicyclic) bond motifs is 1. The summed E-state index contributed by atoms with van der Waals surface area (Å²) in [5.41, 5.74) is 4.95. The van der Waals surface area contributed by atoms with E-state index >= 15 is 0 Å². The third-order valence-electron chi connectivity index (χ3n) is 6.03. The molecule has 1 heterocycles. The Kier molecular flexibility index (Phi) is 7.14. The number of sulfone groups is 2. The number of nitrogens with zero attached hydrogens (tertiary/aromatic N) is 1. The topological polar surface area (TPSA) is 118 Å². The predicted octanol–water partition coefficient (Wildman–Crippen LogP) is 3.42. The number of hydrogen-bond donors (Lipinski definition) is 2. The highest BCUT2D eigenvalue weighted by molar-refractivity contribution is 7.94. The molecule has 3 rings (SSSR count). The van der Waals surface area contributed by atoms with Gasteiger partial charge in [-0.3, -0.25) is 4.98 Å². The zero-order chi connectivity index (χ0) is 25.3. The van der Waals surface area contributed by atoms with E-state index in [-0.39, 0.29) is 4.91 Å². The van der Waals surface area contributed by atoms with Crippen LogP contribution >= 0.6 is 0 Å². The highest BCUT2D eigenvalue weighted by Gasteiger charge is 2.33. The average Bonchev–Trinajstić information content (AvgIpc) is 2.76. The fraction of sp³-hybridized carbons (Fsp3) is 0.240. The molecule has 9 heteroatoms. The molecule has 0 aliphatic heterocycles. The van der Waals surface area contributed by atoms with E-state index in [1.807, 2.05) is 42.5 Å². The number of nitrogens with two attached hydrogens (primary N) is 1. The zero-order valence-corrected chi connectivity index (χ0v) is 21.4. The number of rotatable bonds is 7. The molecule has 0 saturated carbocycles. The highest BCUT2D eigenvalue weighted by atomic mass is 32.2. The van der Waals surface area contributed by atoms with Gasteiger partial charge >= 0.3 is 0 Å². The molecule has 3 aromatic rings. The minimum Gasteiger partial charge on any atom is -0.256 e. The van der Waals surface area contributed by atoms with E-state index in [4.69, 9.17) is 0 Å². The molecule has 0 aliphatic carbocycles. The van der Waals surface area contributed by atoms with Crippen LogP contribution in [0.2, 0.25) is 0 Å². The van der Waals surface area contributed by atoms with Crippen LogP contribution in [0.4, 0.5) is 0 Å². The van der Waals surface area contributed by atoms with Gasteiger partial charge in [0.2, 0.25) is 0 Å². The maximum absolute atomic E-state index is 12.5. The Hall–Kier alpha value is -2.85. The molecule has 0 aliphatic rings. The van der Waals surface area contributed by atoms with Crippen molar-refractivity contribution in [3.63, 3.8) is 0 Å². The van der Waals surface area contributed by atoms with Crippen molar-refractivity contribution in [3.8, 4) is 11.1 Å². The fourth-order valence-electron chi connectivity index (χ4n) is 3.47. The van der Waals surface area contributed by atoms with Gasteiger partial charge in [-0.2, -0.15) is 5.48 Å². The number of pyridine rings is 1. The van der Waals surface area contributed by atoms with Crippen LogP contribution in [-0.2, 0) is 24.4 Å². The standard InChI is InChI=1S/C25H28N2O5S2/c1-17(33(4,29)30)12-21(16-27-28)18-8-6-9-19(13-18)23-15-22(25(2,3)34(5,31)32)14-20-10-7-11-26-24(20)23/h6-16,27-28H,1-5H3/p+1/b17-12+,21-16+. The SMILES string of the molecule is C/C(=C\C(=C/[NH2+]O)c1cccc(-c2cc(C(C)(C)S(C)(=O)=O)cc3cccnc23)c1)S(C)(=O)=O. The van der Waals surface area contributed by atoms with Crippen LogP contribution in [0, 0.1) is 0 Å². The second kappa shape index (κ2) is 9.42. The molecule has 1 aromatic heterocycles. The molecule has 0 radical (unpaired) electrons. The summed E-state index contributed by atoms with van der Waals surface area (Å²) in [6, 6.07) is 14.8. The number of hydrogen-bond acceptors (Lipinski definition) is 6. The minimum atomic E-state index is -3.41. The first-order chi connectivity index (χ1) is 15.8. The molecule has 0 amide bonds. The van der Waals surface area contributed by atoms with E-state index in [0.29, 0.717) is 16.7 Å². The van der Waals surface area contributed by atoms with Gasteiger partial charge in [-0.15, -0.1) is 0 Å². The number of hydroxylamine groups is 1. The van der Waals surface area contributed by atoms with Crippen molar-refractivity contribution < 1.29 is 27.5 Å². The van der Waals surface area contributed by atoms with E-state index < -0.39 is 24.4 Å². The predicted molar refractivity (Wildman–Crippen MR) is 135 cm³/mol. The molecule has 0 unspecified atom stereocenters. The van der Waals surface area contributed by atoms with Gasteiger partial charge in [0.25, 0.3) is 0 Å². The minimum absolute atomic E-state index is 0.162. The Morgan fingerprint density at radius 1 is 1.03 bits per heavy atom. The van der Waals surface area contributed by atoms with Crippen LogP contribution in [0.5, 0.6) is 0 Å². The molecule has 0 spiro atoms. The molecular weight excluding hydrogens is 472 g/mol. The van der Waals surface area contributed by atoms with Crippen LogP contribution in [-0.4, -0.2) is 39.5 Å². The smallest absolute Gasteiger partial charge is 0.171 e. The molecule has 34 heavy (non-hydrogen) atoms. The molecule has 0 atom stereocenters. The molecule has 180 valence electrons. The Bertz CT molecular complexity index is 1520. The van der Waals surface area contributed by atoms with Crippen LogP contribution in [0.25, 0.3) is 27.6 Å². The van der Waals surface area contributed by atoms with Gasteiger partial charge in [-0.25, -0.2) is 22.0 Å². The normalized spacial score (nSPS) is 13.9. The largest absolute Gasteiger partial charge is 0.256 e. The van der Waals surface area contributed by atoms with Gasteiger partial charge < -0.3 is 0 Å². The molecule has 3 N–H and O–H groups in total. The van der Waals surface area contributed by atoms with Gasteiger partial charge in [-0.05, 0) is 67.8 Å². The Morgan fingerprint density at radius 3 is 2.35 bits per heavy atom. The summed E-state index contributed by atoms with van der Waals surface area (Å²) >= 11 is 0. The summed E-state index contributed by atoms with van der Waals surface area (Å²) in [5, 5.41) is 10.2. The highest BCUT2D eigenvalue weighted by Crippen LogP contribution is 2.37. The average molecular weight is 502 g/mol. The van der Waals surface area contributed by atoms with E-state index in [0.717, 1.165) is 33.8 Å². The first kappa shape index (κ1) is 25.8. The van der Waals surface area contributed by atoms with Crippen molar-refractivity contribution in [3.05, 3.63) is 83.0 Å². The maximum atomic E-state index is 12.5. The molecule has 0 saturated heterocycles. The number of benzene rings is 2. The number of quaternary nitrogens is 1. The summed E-state index contributed by atoms with van der Waals surface area (Å²) in [4.78, 5) is 4.70. The molecule has 0 bridgehead atoms.